The zero-order valence-electron chi connectivity index (χ0n) is 14.0. The van der Waals surface area contributed by atoms with Crippen LogP contribution < -0.4 is 0 Å². The second-order valence-electron chi connectivity index (χ2n) is 6.18. The van der Waals surface area contributed by atoms with Crippen molar-refractivity contribution in [3.05, 3.63) is 32.9 Å². The predicted molar refractivity (Wildman–Crippen MR) is 101 cm³/mol. The Morgan fingerprint density at radius 3 is 2.42 bits per heavy atom. The van der Waals surface area contributed by atoms with Crippen LogP contribution in [0.4, 0.5) is 0 Å². The Morgan fingerprint density at radius 1 is 1.19 bits per heavy atom. The van der Waals surface area contributed by atoms with Crippen molar-refractivity contribution in [3.8, 4) is 0 Å². The third kappa shape index (κ3) is 3.29. The van der Waals surface area contributed by atoms with Gasteiger partial charge in [0.15, 0.2) is 6.23 Å². The van der Waals surface area contributed by atoms with Gasteiger partial charge in [-0.15, -0.1) is 0 Å². The molecular weight excluding hydrogens is 405 g/mol. The number of hydrogen-bond donors (Lipinski definition) is 3. The standard InChI is InChI=1S/C16H18Cl3N3O4/c1-21(2)20-5-8-7-3-9(17)10(18)4-11(7)22(15(8)19)16-14(25)13(24)12(6-23)26-16/h3-5,12-14,16,23-25H,6H2,1-2H3/b20-5+/t12-,13-,14-,16?/m1/s1. The van der Waals surface area contributed by atoms with Gasteiger partial charge in [0, 0.05) is 25.0 Å². The highest BCUT2D eigenvalue weighted by molar-refractivity contribution is 6.43. The van der Waals surface area contributed by atoms with Crippen molar-refractivity contribution in [3.63, 3.8) is 0 Å². The Balaban J connectivity index is 2.22. The first-order chi connectivity index (χ1) is 12.3. The predicted octanol–water partition coefficient (Wildman–Crippen LogP) is 2.11. The summed E-state index contributed by atoms with van der Waals surface area (Å²) in [6, 6.07) is 3.26. The molecule has 1 aromatic heterocycles. The van der Waals surface area contributed by atoms with Gasteiger partial charge in [-0.3, -0.25) is 0 Å². The number of rotatable bonds is 4. The number of benzene rings is 1. The van der Waals surface area contributed by atoms with E-state index in [9.17, 15) is 15.3 Å². The fourth-order valence-electron chi connectivity index (χ4n) is 2.94. The SMILES string of the molecule is CN(C)/N=C/c1c(Cl)n(C2O[C@H](CO)[C@@H](O)[C@H]2O)c2cc(Cl)c(Cl)cc12. The molecule has 3 N–H and O–H groups in total. The van der Waals surface area contributed by atoms with E-state index in [0.29, 0.717) is 26.5 Å². The summed E-state index contributed by atoms with van der Waals surface area (Å²) >= 11 is 18.9. The van der Waals surface area contributed by atoms with E-state index in [-0.39, 0.29) is 5.15 Å². The van der Waals surface area contributed by atoms with E-state index in [2.05, 4.69) is 5.10 Å². The zero-order valence-corrected chi connectivity index (χ0v) is 16.2. The minimum absolute atomic E-state index is 0.235. The fourth-order valence-corrected chi connectivity index (χ4v) is 3.60. The number of hydrogen-bond acceptors (Lipinski definition) is 6. The third-order valence-electron chi connectivity index (χ3n) is 4.21. The Morgan fingerprint density at radius 2 is 1.85 bits per heavy atom. The van der Waals surface area contributed by atoms with Crippen molar-refractivity contribution in [1.82, 2.24) is 9.58 Å². The maximum absolute atomic E-state index is 10.4. The molecule has 0 aliphatic carbocycles. The first-order valence-corrected chi connectivity index (χ1v) is 8.91. The van der Waals surface area contributed by atoms with Gasteiger partial charge in [-0.1, -0.05) is 34.8 Å². The number of ether oxygens (including phenoxy) is 1. The van der Waals surface area contributed by atoms with Crippen LogP contribution in [-0.4, -0.2) is 70.1 Å². The Hall–Kier alpha value is -1.06. The molecule has 2 heterocycles. The van der Waals surface area contributed by atoms with Crippen LogP contribution in [0.5, 0.6) is 0 Å². The first-order valence-electron chi connectivity index (χ1n) is 7.78. The molecule has 1 aliphatic heterocycles. The number of aliphatic hydroxyl groups is 3. The van der Waals surface area contributed by atoms with Gasteiger partial charge in [0.2, 0.25) is 0 Å². The summed E-state index contributed by atoms with van der Waals surface area (Å²) in [4.78, 5) is 0. The molecule has 1 saturated heterocycles. The number of aliphatic hydroxyl groups excluding tert-OH is 3. The van der Waals surface area contributed by atoms with Crippen LogP contribution in [0, 0.1) is 0 Å². The second kappa shape index (κ2) is 7.52. The fraction of sp³-hybridized carbons (Fsp3) is 0.438. The van der Waals surface area contributed by atoms with Crippen LogP contribution in [0.1, 0.15) is 11.8 Å². The van der Waals surface area contributed by atoms with Crippen molar-refractivity contribution in [2.24, 2.45) is 5.10 Å². The van der Waals surface area contributed by atoms with Crippen LogP contribution >= 0.6 is 34.8 Å². The Labute approximate surface area is 164 Å². The largest absolute Gasteiger partial charge is 0.394 e. The monoisotopic (exact) mass is 421 g/mol. The molecule has 142 valence electrons. The Kier molecular flexibility index (Phi) is 5.69. The third-order valence-corrected chi connectivity index (χ3v) is 5.32. The maximum atomic E-state index is 10.4. The minimum Gasteiger partial charge on any atom is -0.394 e. The van der Waals surface area contributed by atoms with Crippen molar-refractivity contribution < 1.29 is 20.1 Å². The molecule has 0 saturated carbocycles. The number of fused-ring (bicyclic) bond motifs is 1. The van der Waals surface area contributed by atoms with Gasteiger partial charge >= 0.3 is 0 Å². The van der Waals surface area contributed by atoms with E-state index in [4.69, 9.17) is 39.5 Å². The van der Waals surface area contributed by atoms with Crippen LogP contribution in [-0.2, 0) is 4.74 Å². The second-order valence-corrected chi connectivity index (χ2v) is 7.35. The smallest absolute Gasteiger partial charge is 0.164 e. The van der Waals surface area contributed by atoms with E-state index >= 15 is 0 Å². The number of aromatic nitrogens is 1. The molecule has 0 bridgehead atoms. The van der Waals surface area contributed by atoms with Gasteiger partial charge in [0.1, 0.15) is 23.5 Å². The summed E-state index contributed by atoms with van der Waals surface area (Å²) in [6.45, 7) is -0.437. The summed E-state index contributed by atoms with van der Waals surface area (Å²) in [5.74, 6) is 0. The summed E-state index contributed by atoms with van der Waals surface area (Å²) in [5, 5.41) is 37.1. The van der Waals surface area contributed by atoms with Crippen LogP contribution in [0.2, 0.25) is 15.2 Å². The van der Waals surface area contributed by atoms with E-state index in [0.717, 1.165) is 0 Å². The maximum Gasteiger partial charge on any atom is 0.164 e. The van der Waals surface area contributed by atoms with Crippen LogP contribution in [0.3, 0.4) is 0 Å². The van der Waals surface area contributed by atoms with Crippen molar-refractivity contribution in [2.45, 2.75) is 24.5 Å². The lowest BCUT2D eigenvalue weighted by molar-refractivity contribution is -0.0505. The average Bonchev–Trinajstić information content (AvgIpc) is 3.00. The Bertz CT molecular complexity index is 855. The topological polar surface area (TPSA) is 90.5 Å². The van der Waals surface area contributed by atoms with Gasteiger partial charge in [0.05, 0.1) is 28.4 Å². The van der Waals surface area contributed by atoms with E-state index in [1.807, 2.05) is 0 Å². The normalized spacial score (nSPS) is 26.3. The molecule has 1 aliphatic rings. The highest BCUT2D eigenvalue weighted by atomic mass is 35.5. The van der Waals surface area contributed by atoms with E-state index in [1.165, 1.54) is 4.57 Å². The van der Waals surface area contributed by atoms with E-state index < -0.39 is 31.1 Å². The molecule has 4 atom stereocenters. The molecule has 0 spiro atoms. The quantitative estimate of drug-likeness (QED) is 0.519. The summed E-state index contributed by atoms with van der Waals surface area (Å²) in [7, 11) is 3.53. The van der Waals surface area contributed by atoms with Crippen LogP contribution in [0.25, 0.3) is 10.9 Å². The van der Waals surface area contributed by atoms with Gasteiger partial charge in [-0.25, -0.2) is 0 Å². The van der Waals surface area contributed by atoms with E-state index in [1.54, 1.807) is 37.5 Å². The summed E-state index contributed by atoms with van der Waals surface area (Å²) in [5.41, 5.74) is 1.12. The molecule has 10 heteroatoms. The molecule has 0 amide bonds. The molecule has 2 aromatic rings. The lowest BCUT2D eigenvalue weighted by Crippen LogP contribution is -2.33. The molecule has 1 unspecified atom stereocenters. The number of nitrogens with zero attached hydrogens (tertiary/aromatic N) is 3. The van der Waals surface area contributed by atoms with Crippen molar-refractivity contribution in [1.29, 1.82) is 0 Å². The highest BCUT2D eigenvalue weighted by Crippen LogP contribution is 2.40. The zero-order chi connectivity index (χ0) is 19.2. The summed E-state index contributed by atoms with van der Waals surface area (Å²) < 4.78 is 7.13. The summed E-state index contributed by atoms with van der Waals surface area (Å²) in [6.07, 6.45) is -2.90. The van der Waals surface area contributed by atoms with Gasteiger partial charge < -0.3 is 29.6 Å². The number of halogens is 3. The average molecular weight is 423 g/mol. The van der Waals surface area contributed by atoms with Crippen LogP contribution in [0.15, 0.2) is 17.2 Å². The molecular formula is C16H18Cl3N3O4. The minimum atomic E-state index is -1.28. The van der Waals surface area contributed by atoms with Gasteiger partial charge in [-0.05, 0) is 12.1 Å². The lowest BCUT2D eigenvalue weighted by Gasteiger charge is -2.19. The molecule has 1 aromatic carbocycles. The molecule has 26 heavy (non-hydrogen) atoms. The van der Waals surface area contributed by atoms with Gasteiger partial charge in [0.25, 0.3) is 0 Å². The highest BCUT2D eigenvalue weighted by Gasteiger charge is 2.44. The van der Waals surface area contributed by atoms with Crippen molar-refractivity contribution >= 4 is 51.9 Å². The first kappa shape index (κ1) is 19.7. The van der Waals surface area contributed by atoms with Crippen molar-refractivity contribution in [2.75, 3.05) is 20.7 Å². The molecule has 0 radical (unpaired) electrons. The molecule has 3 rings (SSSR count). The van der Waals surface area contributed by atoms with Gasteiger partial charge in [-0.2, -0.15) is 5.10 Å². The lowest BCUT2D eigenvalue weighted by atomic mass is 10.1. The molecule has 1 fully saturated rings. The number of hydrazone groups is 1. The molecule has 7 nitrogen and oxygen atoms in total.